The summed E-state index contributed by atoms with van der Waals surface area (Å²) in [6.07, 6.45) is 3.10. The van der Waals surface area contributed by atoms with Crippen molar-refractivity contribution < 1.29 is 4.79 Å². The summed E-state index contributed by atoms with van der Waals surface area (Å²) in [7, 11) is 0. The Morgan fingerprint density at radius 3 is 2.43 bits per heavy atom. The summed E-state index contributed by atoms with van der Waals surface area (Å²) in [5.41, 5.74) is 5.92. The summed E-state index contributed by atoms with van der Waals surface area (Å²) < 4.78 is 1.75. The monoisotopic (exact) mass is 393 g/mol. The number of fused-ring (bicyclic) bond motifs is 1. The number of carbonyl (C=O) groups is 1. The van der Waals surface area contributed by atoms with E-state index in [1.807, 2.05) is 48.5 Å². The second kappa shape index (κ2) is 7.42. The van der Waals surface area contributed by atoms with E-state index in [1.54, 1.807) is 17.6 Å². The molecule has 148 valence electrons. The molecule has 1 heterocycles. The Kier molecular flexibility index (Phi) is 4.59. The van der Waals surface area contributed by atoms with E-state index in [-0.39, 0.29) is 11.3 Å². The lowest BCUT2D eigenvalue weighted by Crippen LogP contribution is -2.17. The lowest BCUT2D eigenvalue weighted by atomic mass is 9.93. The summed E-state index contributed by atoms with van der Waals surface area (Å²) in [6, 6.07) is 25.6. The van der Waals surface area contributed by atoms with Gasteiger partial charge in [0.05, 0.1) is 5.52 Å². The molecule has 1 aromatic heterocycles. The van der Waals surface area contributed by atoms with E-state index < -0.39 is 0 Å². The van der Waals surface area contributed by atoms with E-state index in [0.717, 1.165) is 33.3 Å². The number of pyridine rings is 1. The van der Waals surface area contributed by atoms with Crippen molar-refractivity contribution in [3.63, 3.8) is 0 Å². The minimum absolute atomic E-state index is 0.0518. The Morgan fingerprint density at radius 2 is 1.70 bits per heavy atom. The molecule has 1 fully saturated rings. The molecule has 0 amide bonds. The van der Waals surface area contributed by atoms with E-state index in [1.165, 1.54) is 18.4 Å². The Labute approximate surface area is 175 Å². The fourth-order valence-corrected chi connectivity index (χ4v) is 4.28. The highest BCUT2D eigenvalue weighted by Gasteiger charge is 2.24. The minimum Gasteiger partial charge on any atom is -0.295 e. The molecule has 1 aliphatic rings. The highest BCUT2D eigenvalue weighted by Crippen LogP contribution is 2.40. The predicted molar refractivity (Wildman–Crippen MR) is 121 cm³/mol. The fraction of sp³-hybridized carbons (Fsp3) is 0.185. The lowest BCUT2D eigenvalue weighted by molar-refractivity contribution is 0.101. The first-order valence-corrected chi connectivity index (χ1v) is 10.4. The molecule has 0 spiro atoms. The Balaban J connectivity index is 1.63. The average Bonchev–Trinajstić information content (AvgIpc) is 3.60. The average molecular weight is 393 g/mol. The van der Waals surface area contributed by atoms with Crippen LogP contribution < -0.4 is 5.56 Å². The van der Waals surface area contributed by atoms with Gasteiger partial charge in [0, 0.05) is 22.7 Å². The molecule has 3 aromatic carbocycles. The van der Waals surface area contributed by atoms with Gasteiger partial charge in [0.2, 0.25) is 0 Å². The van der Waals surface area contributed by atoms with Crippen LogP contribution in [0.5, 0.6) is 0 Å². The first-order valence-electron chi connectivity index (χ1n) is 10.4. The molecule has 0 N–H and O–H groups in total. The number of aromatic nitrogens is 1. The molecule has 0 radical (unpaired) electrons. The third kappa shape index (κ3) is 3.37. The number of hydrogen-bond acceptors (Lipinski definition) is 2. The van der Waals surface area contributed by atoms with Gasteiger partial charge in [-0.1, -0.05) is 42.5 Å². The molecule has 0 bridgehead atoms. The van der Waals surface area contributed by atoms with Crippen molar-refractivity contribution in [3.8, 4) is 5.69 Å². The zero-order valence-corrected chi connectivity index (χ0v) is 17.0. The SMILES string of the molecule is CC(=O)c1cc(C2CC2)ccc1Cc1cccc2c1ccc(=O)n2-c1ccccc1. The van der Waals surface area contributed by atoms with Crippen LogP contribution in [-0.2, 0) is 6.42 Å². The molecule has 5 rings (SSSR count). The van der Waals surface area contributed by atoms with Crippen molar-refractivity contribution in [1.29, 1.82) is 0 Å². The summed E-state index contributed by atoms with van der Waals surface area (Å²) >= 11 is 0. The number of hydrogen-bond donors (Lipinski definition) is 0. The molecular weight excluding hydrogens is 370 g/mol. The third-order valence-electron chi connectivity index (χ3n) is 5.98. The van der Waals surface area contributed by atoms with Crippen LogP contribution >= 0.6 is 0 Å². The molecule has 3 nitrogen and oxygen atoms in total. The van der Waals surface area contributed by atoms with Crippen LogP contribution in [0.2, 0.25) is 0 Å². The number of Topliss-reactive ketones (excluding diaryl/α,β-unsaturated/α-hetero) is 1. The van der Waals surface area contributed by atoms with Crippen LogP contribution in [0.25, 0.3) is 16.6 Å². The van der Waals surface area contributed by atoms with Crippen molar-refractivity contribution in [3.05, 3.63) is 111 Å². The van der Waals surface area contributed by atoms with Gasteiger partial charge in [0.1, 0.15) is 0 Å². The van der Waals surface area contributed by atoms with E-state index in [2.05, 4.69) is 24.3 Å². The normalized spacial score (nSPS) is 13.5. The van der Waals surface area contributed by atoms with Crippen LogP contribution in [0.15, 0.2) is 83.7 Å². The van der Waals surface area contributed by atoms with Crippen molar-refractivity contribution in [2.24, 2.45) is 0 Å². The first kappa shape index (κ1) is 18.6. The van der Waals surface area contributed by atoms with Gasteiger partial charge in [-0.2, -0.15) is 0 Å². The van der Waals surface area contributed by atoms with Crippen LogP contribution in [0, 0.1) is 0 Å². The van der Waals surface area contributed by atoms with Gasteiger partial charge in [-0.25, -0.2) is 0 Å². The zero-order valence-electron chi connectivity index (χ0n) is 17.0. The Morgan fingerprint density at radius 1 is 0.900 bits per heavy atom. The van der Waals surface area contributed by atoms with Crippen LogP contribution in [0.1, 0.15) is 52.7 Å². The topological polar surface area (TPSA) is 39.1 Å². The van der Waals surface area contributed by atoms with Crippen molar-refractivity contribution in [2.75, 3.05) is 0 Å². The van der Waals surface area contributed by atoms with Gasteiger partial charge in [-0.05, 0) is 79.1 Å². The number of benzene rings is 3. The fourth-order valence-electron chi connectivity index (χ4n) is 4.28. The van der Waals surface area contributed by atoms with Crippen molar-refractivity contribution in [2.45, 2.75) is 32.1 Å². The molecule has 1 aliphatic carbocycles. The summed E-state index contributed by atoms with van der Waals surface area (Å²) in [5, 5.41) is 1.03. The van der Waals surface area contributed by atoms with Gasteiger partial charge >= 0.3 is 0 Å². The number of rotatable bonds is 5. The smallest absolute Gasteiger partial charge is 0.255 e. The summed E-state index contributed by atoms with van der Waals surface area (Å²) in [6.45, 7) is 1.64. The highest BCUT2D eigenvalue weighted by atomic mass is 16.1. The number of para-hydroxylation sites is 1. The van der Waals surface area contributed by atoms with E-state index >= 15 is 0 Å². The van der Waals surface area contributed by atoms with Gasteiger partial charge in [0.15, 0.2) is 5.78 Å². The molecule has 4 aromatic rings. The molecule has 0 aliphatic heterocycles. The second-order valence-corrected chi connectivity index (χ2v) is 8.12. The third-order valence-corrected chi connectivity index (χ3v) is 5.98. The van der Waals surface area contributed by atoms with E-state index in [9.17, 15) is 9.59 Å². The molecule has 1 saturated carbocycles. The molecular formula is C27H23NO2. The van der Waals surface area contributed by atoms with E-state index in [4.69, 9.17) is 0 Å². The van der Waals surface area contributed by atoms with Crippen LogP contribution in [0.3, 0.4) is 0 Å². The molecule has 0 saturated heterocycles. The largest absolute Gasteiger partial charge is 0.295 e. The molecule has 3 heteroatoms. The van der Waals surface area contributed by atoms with Crippen molar-refractivity contribution >= 4 is 16.7 Å². The molecule has 0 unspecified atom stereocenters. The Bertz CT molecular complexity index is 1310. The van der Waals surface area contributed by atoms with Gasteiger partial charge < -0.3 is 0 Å². The van der Waals surface area contributed by atoms with Gasteiger partial charge in [-0.15, -0.1) is 0 Å². The zero-order chi connectivity index (χ0) is 20.7. The standard InChI is InChI=1S/C27H23NO2/c1-18(29)25-17-20(19-10-11-19)12-13-22(25)16-21-6-5-9-26-24(21)14-15-27(30)28(26)23-7-3-2-4-8-23/h2-9,12-15,17,19H,10-11,16H2,1H3. The van der Waals surface area contributed by atoms with Crippen LogP contribution in [0.4, 0.5) is 0 Å². The Hall–Kier alpha value is -3.46. The number of nitrogens with zero attached hydrogens (tertiary/aromatic N) is 1. The summed E-state index contributed by atoms with van der Waals surface area (Å²) in [5.74, 6) is 0.726. The van der Waals surface area contributed by atoms with E-state index in [0.29, 0.717) is 12.3 Å². The number of carbonyl (C=O) groups excluding carboxylic acids is 1. The lowest BCUT2D eigenvalue weighted by Gasteiger charge is -2.14. The van der Waals surface area contributed by atoms with Gasteiger partial charge in [-0.3, -0.25) is 14.2 Å². The summed E-state index contributed by atoms with van der Waals surface area (Å²) in [4.78, 5) is 25.0. The quantitative estimate of drug-likeness (QED) is 0.410. The minimum atomic E-state index is -0.0518. The maximum absolute atomic E-state index is 12.7. The molecule has 0 atom stereocenters. The molecule has 30 heavy (non-hydrogen) atoms. The predicted octanol–water partition coefficient (Wildman–Crippen LogP) is 5.66. The van der Waals surface area contributed by atoms with Gasteiger partial charge in [0.25, 0.3) is 5.56 Å². The second-order valence-electron chi connectivity index (χ2n) is 8.12. The highest BCUT2D eigenvalue weighted by molar-refractivity contribution is 5.96. The number of ketones is 1. The maximum Gasteiger partial charge on any atom is 0.255 e. The van der Waals surface area contributed by atoms with Crippen molar-refractivity contribution in [1.82, 2.24) is 4.57 Å². The first-order chi connectivity index (χ1) is 14.6. The van der Waals surface area contributed by atoms with Crippen LogP contribution in [-0.4, -0.2) is 10.4 Å². The maximum atomic E-state index is 12.7.